The zero-order valence-corrected chi connectivity index (χ0v) is 18.3. The van der Waals surface area contributed by atoms with Crippen molar-refractivity contribution in [3.05, 3.63) is 42.7 Å². The minimum absolute atomic E-state index is 0.129. The summed E-state index contributed by atoms with van der Waals surface area (Å²) in [6.45, 7) is 2.51. The summed E-state index contributed by atoms with van der Waals surface area (Å²) in [5, 5.41) is 2.76. The molecular formula is C23H30N6O3. The lowest BCUT2D eigenvalue weighted by molar-refractivity contribution is 0.0666. The quantitative estimate of drug-likeness (QED) is 0.743. The van der Waals surface area contributed by atoms with Crippen LogP contribution in [0.5, 0.6) is 5.75 Å². The van der Waals surface area contributed by atoms with Gasteiger partial charge < -0.3 is 19.9 Å². The summed E-state index contributed by atoms with van der Waals surface area (Å²) >= 11 is 0. The summed E-state index contributed by atoms with van der Waals surface area (Å²) in [5.41, 5.74) is 0.935. The minimum Gasteiger partial charge on any atom is -0.492 e. The van der Waals surface area contributed by atoms with Crippen molar-refractivity contribution in [3.63, 3.8) is 0 Å². The van der Waals surface area contributed by atoms with E-state index in [2.05, 4.69) is 20.3 Å². The molecule has 1 aliphatic carbocycles. The summed E-state index contributed by atoms with van der Waals surface area (Å²) in [4.78, 5) is 40.6. The van der Waals surface area contributed by atoms with Crippen LogP contribution in [0.2, 0.25) is 0 Å². The fourth-order valence-electron chi connectivity index (χ4n) is 4.25. The third-order valence-electron chi connectivity index (χ3n) is 6.14. The first-order valence-corrected chi connectivity index (χ1v) is 11.4. The van der Waals surface area contributed by atoms with Gasteiger partial charge in [0, 0.05) is 26.2 Å². The monoisotopic (exact) mass is 438 g/mol. The molecule has 32 heavy (non-hydrogen) atoms. The van der Waals surface area contributed by atoms with Crippen molar-refractivity contribution < 1.29 is 14.3 Å². The summed E-state index contributed by atoms with van der Waals surface area (Å²) < 4.78 is 5.83. The van der Waals surface area contributed by atoms with Gasteiger partial charge in [-0.05, 0) is 24.5 Å². The molecule has 0 unspecified atom stereocenters. The van der Waals surface area contributed by atoms with Crippen molar-refractivity contribution in [3.8, 4) is 5.75 Å². The number of hydrogen-bond acceptors (Lipinski definition) is 6. The normalized spacial score (nSPS) is 17.1. The molecule has 3 heterocycles. The van der Waals surface area contributed by atoms with E-state index in [1.807, 2.05) is 6.07 Å². The van der Waals surface area contributed by atoms with Gasteiger partial charge in [0.1, 0.15) is 17.8 Å². The molecule has 2 aliphatic rings. The van der Waals surface area contributed by atoms with Crippen molar-refractivity contribution in [2.75, 3.05) is 38.1 Å². The van der Waals surface area contributed by atoms with E-state index >= 15 is 0 Å². The van der Waals surface area contributed by atoms with Crippen LogP contribution in [0.3, 0.4) is 0 Å². The standard InChI is InChI=1S/C23H30N6O3/c30-22(21-7-6-20(16-26-21)32-13-8-18-4-2-1-3-5-18)28-9-11-29(12-10-28)23(31)27-19-14-24-17-25-15-19/h6-7,14-18H,1-5,8-13H2,(H,27,31). The van der Waals surface area contributed by atoms with Crippen LogP contribution in [0.4, 0.5) is 10.5 Å². The minimum atomic E-state index is -0.222. The van der Waals surface area contributed by atoms with Crippen molar-refractivity contribution in [1.29, 1.82) is 0 Å². The maximum atomic E-state index is 12.8. The summed E-state index contributed by atoms with van der Waals surface area (Å²) in [6, 6.07) is 3.30. The number of ether oxygens (including phenoxy) is 1. The van der Waals surface area contributed by atoms with Gasteiger partial charge in [0.15, 0.2) is 0 Å². The molecule has 1 N–H and O–H groups in total. The van der Waals surface area contributed by atoms with Crippen LogP contribution in [-0.4, -0.2) is 69.5 Å². The van der Waals surface area contributed by atoms with Gasteiger partial charge >= 0.3 is 6.03 Å². The molecule has 170 valence electrons. The first kappa shape index (κ1) is 22.0. The average molecular weight is 439 g/mol. The molecule has 9 nitrogen and oxygen atoms in total. The largest absolute Gasteiger partial charge is 0.492 e. The van der Waals surface area contributed by atoms with Gasteiger partial charge in [-0.25, -0.2) is 19.7 Å². The van der Waals surface area contributed by atoms with E-state index < -0.39 is 0 Å². The second-order valence-corrected chi connectivity index (χ2v) is 8.36. The van der Waals surface area contributed by atoms with Crippen LogP contribution in [0.15, 0.2) is 37.1 Å². The number of carbonyl (C=O) groups excluding carboxylic acids is 2. The smallest absolute Gasteiger partial charge is 0.322 e. The Kier molecular flexibility index (Phi) is 7.47. The Bertz CT molecular complexity index is 878. The van der Waals surface area contributed by atoms with Crippen LogP contribution >= 0.6 is 0 Å². The lowest BCUT2D eigenvalue weighted by Crippen LogP contribution is -2.51. The molecule has 1 saturated heterocycles. The molecule has 2 aromatic heterocycles. The van der Waals surface area contributed by atoms with Gasteiger partial charge in [0.05, 0.1) is 30.9 Å². The van der Waals surface area contributed by atoms with E-state index in [4.69, 9.17) is 4.74 Å². The molecule has 0 spiro atoms. The number of pyridine rings is 1. The molecular weight excluding hydrogens is 408 g/mol. The zero-order chi connectivity index (χ0) is 22.2. The van der Waals surface area contributed by atoms with Crippen molar-refractivity contribution in [2.45, 2.75) is 38.5 Å². The van der Waals surface area contributed by atoms with Crippen LogP contribution in [0.25, 0.3) is 0 Å². The maximum Gasteiger partial charge on any atom is 0.322 e. The Hall–Kier alpha value is -3.23. The van der Waals surface area contributed by atoms with Gasteiger partial charge in [0.25, 0.3) is 5.91 Å². The van der Waals surface area contributed by atoms with E-state index in [1.54, 1.807) is 34.5 Å². The fourth-order valence-corrected chi connectivity index (χ4v) is 4.25. The second kappa shape index (κ2) is 10.9. The third-order valence-corrected chi connectivity index (χ3v) is 6.14. The SMILES string of the molecule is O=C(Nc1cncnc1)N1CCN(C(=O)c2ccc(OCCC3CCCCC3)cn2)CC1. The van der Waals surface area contributed by atoms with Gasteiger partial charge in [-0.1, -0.05) is 32.1 Å². The predicted molar refractivity (Wildman–Crippen MR) is 119 cm³/mol. The van der Waals surface area contributed by atoms with Crippen LogP contribution in [0.1, 0.15) is 49.0 Å². The lowest BCUT2D eigenvalue weighted by Gasteiger charge is -2.34. The molecule has 1 aliphatic heterocycles. The topological polar surface area (TPSA) is 101 Å². The number of amides is 3. The number of rotatable bonds is 6. The van der Waals surface area contributed by atoms with E-state index in [0.717, 1.165) is 12.3 Å². The highest BCUT2D eigenvalue weighted by Gasteiger charge is 2.25. The lowest BCUT2D eigenvalue weighted by atomic mass is 9.87. The summed E-state index contributed by atoms with van der Waals surface area (Å²) in [7, 11) is 0. The van der Waals surface area contributed by atoms with Gasteiger partial charge in [-0.15, -0.1) is 0 Å². The molecule has 2 fully saturated rings. The zero-order valence-electron chi connectivity index (χ0n) is 18.3. The van der Waals surface area contributed by atoms with E-state index in [1.165, 1.54) is 38.4 Å². The molecule has 4 rings (SSSR count). The number of piperazine rings is 1. The molecule has 0 atom stereocenters. The molecule has 9 heteroatoms. The van der Waals surface area contributed by atoms with Crippen molar-refractivity contribution in [2.24, 2.45) is 5.92 Å². The molecule has 0 radical (unpaired) electrons. The molecule has 0 bridgehead atoms. The maximum absolute atomic E-state index is 12.8. The average Bonchev–Trinajstić information content (AvgIpc) is 2.85. The molecule has 0 aromatic carbocycles. The number of aromatic nitrogens is 3. The van der Waals surface area contributed by atoms with Crippen LogP contribution < -0.4 is 10.1 Å². The Morgan fingerprint density at radius 3 is 2.38 bits per heavy atom. The summed E-state index contributed by atoms with van der Waals surface area (Å²) in [6.07, 6.45) is 13.9. The van der Waals surface area contributed by atoms with Crippen molar-refractivity contribution in [1.82, 2.24) is 24.8 Å². The number of anilines is 1. The first-order valence-electron chi connectivity index (χ1n) is 11.4. The van der Waals surface area contributed by atoms with E-state index in [9.17, 15) is 9.59 Å². The van der Waals surface area contributed by atoms with Crippen LogP contribution in [0, 0.1) is 5.92 Å². The molecule has 3 amide bonds. The van der Waals surface area contributed by atoms with Gasteiger partial charge in [-0.2, -0.15) is 0 Å². The highest BCUT2D eigenvalue weighted by molar-refractivity contribution is 5.93. The number of urea groups is 1. The molecule has 1 saturated carbocycles. The van der Waals surface area contributed by atoms with E-state index in [0.29, 0.717) is 49.9 Å². The number of nitrogens with zero attached hydrogens (tertiary/aromatic N) is 5. The fraction of sp³-hybridized carbons (Fsp3) is 0.522. The highest BCUT2D eigenvalue weighted by Crippen LogP contribution is 2.26. The number of hydrogen-bond donors (Lipinski definition) is 1. The predicted octanol–water partition coefficient (Wildman–Crippen LogP) is 3.21. The van der Waals surface area contributed by atoms with Gasteiger partial charge in [-0.3, -0.25) is 4.79 Å². The Balaban J connectivity index is 1.21. The van der Waals surface area contributed by atoms with Gasteiger partial charge in [0.2, 0.25) is 0 Å². The molecule has 2 aromatic rings. The van der Waals surface area contributed by atoms with Crippen LogP contribution in [-0.2, 0) is 0 Å². The summed E-state index contributed by atoms with van der Waals surface area (Å²) in [5.74, 6) is 1.35. The highest BCUT2D eigenvalue weighted by atomic mass is 16.5. The Morgan fingerprint density at radius 1 is 0.969 bits per heavy atom. The Labute approximate surface area is 188 Å². The first-order chi connectivity index (χ1) is 15.7. The van der Waals surface area contributed by atoms with Crippen molar-refractivity contribution >= 4 is 17.6 Å². The number of nitrogens with one attached hydrogen (secondary N) is 1. The number of carbonyl (C=O) groups is 2. The third kappa shape index (κ3) is 5.93. The Morgan fingerprint density at radius 2 is 1.69 bits per heavy atom. The van der Waals surface area contributed by atoms with E-state index in [-0.39, 0.29) is 11.9 Å². The second-order valence-electron chi connectivity index (χ2n) is 8.36.